The Bertz CT molecular complexity index is 1520. The van der Waals surface area contributed by atoms with Gasteiger partial charge in [0.1, 0.15) is 13.2 Å². The molecule has 0 aliphatic heterocycles. The Morgan fingerprint density at radius 1 is 0.493 bits per heavy atom. The number of amides is 1. The summed E-state index contributed by atoms with van der Waals surface area (Å²) in [7, 11) is 1.53. The quantitative estimate of drug-likeness (QED) is 0.0243. The lowest BCUT2D eigenvalue weighted by molar-refractivity contribution is -0.870. The van der Waals surface area contributed by atoms with Crippen molar-refractivity contribution in [3.8, 4) is 0 Å². The van der Waals surface area contributed by atoms with Crippen LogP contribution in [0.3, 0.4) is 0 Å². The van der Waals surface area contributed by atoms with Crippen LogP contribution < -0.4 is 5.32 Å². The average molecular weight is 1010 g/mol. The van der Waals surface area contributed by atoms with Gasteiger partial charge in [-0.1, -0.05) is 232 Å². The van der Waals surface area contributed by atoms with Crippen molar-refractivity contribution in [3.63, 3.8) is 0 Å². The van der Waals surface area contributed by atoms with Crippen LogP contribution in [0.15, 0.2) is 109 Å². The first-order valence-electron chi connectivity index (χ1n) is 28.8. The van der Waals surface area contributed by atoms with Crippen LogP contribution in [-0.2, 0) is 18.4 Å². The first kappa shape index (κ1) is 68.2. The van der Waals surface area contributed by atoms with E-state index in [1.54, 1.807) is 6.08 Å². The molecule has 71 heavy (non-hydrogen) atoms. The molecule has 3 unspecified atom stereocenters. The number of carbonyl (C=O) groups is 1. The zero-order valence-corrected chi connectivity index (χ0v) is 47.3. The lowest BCUT2D eigenvalue weighted by Gasteiger charge is -2.25. The van der Waals surface area contributed by atoms with Crippen LogP contribution in [0.5, 0.6) is 0 Å². The molecule has 0 radical (unpaired) electrons. The minimum absolute atomic E-state index is 0.0483. The maximum Gasteiger partial charge on any atom is 0.472 e. The van der Waals surface area contributed by atoms with E-state index >= 15 is 0 Å². The number of hydrogen-bond acceptors (Lipinski definition) is 5. The molecule has 0 aliphatic rings. The third kappa shape index (κ3) is 54.8. The second-order valence-corrected chi connectivity index (χ2v) is 21.7. The van der Waals surface area contributed by atoms with Crippen molar-refractivity contribution in [2.45, 2.75) is 238 Å². The standard InChI is InChI=1S/C62H109N2O6P/c1-6-8-10-12-14-16-18-20-22-24-26-27-28-29-30-31-32-33-34-35-36-37-38-40-42-44-46-48-50-52-54-56-62(66)63-60(59-70-71(67,68)69-58-57-64(3,4)5)61(65)55-53-51-49-47-45-43-41-39-25-23-21-19-17-15-13-11-9-7-2/h8,10,14,16,20,22,25-27,29-30,32-33,39,45,47,53,55,60-61,65H,6-7,9,11-13,15,17-19,21,23-24,28,31,34-38,40-44,46,48-52,54,56-59H2,1-5H3,(H-,63,66,67,68)/p+1/b10-8-,16-14-,22-20-,27-26-,30-29-,33-32-,39-25+,47-45+,55-53+. The van der Waals surface area contributed by atoms with Gasteiger partial charge in [-0.2, -0.15) is 0 Å². The number of aliphatic hydroxyl groups is 1. The van der Waals surface area contributed by atoms with E-state index in [0.717, 1.165) is 83.5 Å². The maximum atomic E-state index is 13.0. The fourth-order valence-electron chi connectivity index (χ4n) is 7.72. The molecule has 0 aromatic heterocycles. The zero-order chi connectivity index (χ0) is 52.0. The van der Waals surface area contributed by atoms with Crippen LogP contribution in [0.25, 0.3) is 0 Å². The van der Waals surface area contributed by atoms with Gasteiger partial charge in [-0.25, -0.2) is 4.57 Å². The van der Waals surface area contributed by atoms with E-state index in [1.807, 2.05) is 27.2 Å². The number of hydrogen-bond donors (Lipinski definition) is 3. The average Bonchev–Trinajstić information content (AvgIpc) is 3.33. The molecule has 3 atom stereocenters. The number of nitrogens with zero attached hydrogens (tertiary/aromatic N) is 1. The van der Waals surface area contributed by atoms with Gasteiger partial charge in [0.15, 0.2) is 0 Å². The van der Waals surface area contributed by atoms with Gasteiger partial charge in [-0.05, 0) is 96.3 Å². The number of phosphoric ester groups is 1. The molecule has 0 bridgehead atoms. The minimum atomic E-state index is -4.37. The molecule has 0 saturated carbocycles. The molecular weight excluding hydrogens is 900 g/mol. The highest BCUT2D eigenvalue weighted by Crippen LogP contribution is 2.43. The number of nitrogens with one attached hydrogen (secondary N) is 1. The number of aliphatic hydroxyl groups excluding tert-OH is 1. The summed E-state index contributed by atoms with van der Waals surface area (Å²) in [6.07, 6.45) is 76.2. The normalized spacial score (nSPS) is 14.7. The van der Waals surface area contributed by atoms with Crippen LogP contribution in [0.1, 0.15) is 226 Å². The van der Waals surface area contributed by atoms with E-state index in [1.165, 1.54) is 122 Å². The molecular formula is C62H110N2O6P+. The molecule has 0 aromatic rings. The summed E-state index contributed by atoms with van der Waals surface area (Å²) in [4.78, 5) is 23.3. The smallest absolute Gasteiger partial charge is 0.387 e. The van der Waals surface area contributed by atoms with Gasteiger partial charge >= 0.3 is 7.82 Å². The van der Waals surface area contributed by atoms with Crippen molar-refractivity contribution in [1.29, 1.82) is 0 Å². The summed E-state index contributed by atoms with van der Waals surface area (Å²) in [5.41, 5.74) is 0. The zero-order valence-electron chi connectivity index (χ0n) is 46.4. The highest BCUT2D eigenvalue weighted by molar-refractivity contribution is 7.47. The van der Waals surface area contributed by atoms with Crippen molar-refractivity contribution in [2.24, 2.45) is 0 Å². The Hall–Kier alpha value is -2.84. The number of likely N-dealkylation sites (N-methyl/N-ethyl adjacent to an activating group) is 1. The highest BCUT2D eigenvalue weighted by Gasteiger charge is 2.27. The molecule has 3 N–H and O–H groups in total. The van der Waals surface area contributed by atoms with Crippen molar-refractivity contribution >= 4 is 13.7 Å². The Morgan fingerprint density at radius 2 is 0.859 bits per heavy atom. The molecule has 8 nitrogen and oxygen atoms in total. The topological polar surface area (TPSA) is 105 Å². The largest absolute Gasteiger partial charge is 0.472 e. The second-order valence-electron chi connectivity index (χ2n) is 20.3. The molecule has 0 aromatic carbocycles. The van der Waals surface area contributed by atoms with Gasteiger partial charge in [-0.3, -0.25) is 13.8 Å². The van der Waals surface area contributed by atoms with Crippen molar-refractivity contribution < 1.29 is 32.9 Å². The third-order valence-corrected chi connectivity index (χ3v) is 13.2. The fourth-order valence-corrected chi connectivity index (χ4v) is 8.46. The number of quaternary nitrogens is 1. The van der Waals surface area contributed by atoms with Gasteiger partial charge in [0.25, 0.3) is 0 Å². The van der Waals surface area contributed by atoms with Crippen LogP contribution in [0, 0.1) is 0 Å². The Morgan fingerprint density at radius 3 is 1.30 bits per heavy atom. The highest BCUT2D eigenvalue weighted by atomic mass is 31.2. The Kier molecular flexibility index (Phi) is 50.0. The SMILES string of the molecule is CC/C=C\C/C=C\C/C=C\C/C=C\C/C=C\C/C=C\CCCCCCCCCCCCCCC(=O)NC(COP(=O)(O)OCC[N+](C)(C)C)C(O)/C=C/CC/C=C/CC/C=C/CCCCCCCCCC. The number of unbranched alkanes of at least 4 members (excludes halogenated alkanes) is 22. The van der Waals surface area contributed by atoms with E-state index in [4.69, 9.17) is 9.05 Å². The minimum Gasteiger partial charge on any atom is -0.387 e. The lowest BCUT2D eigenvalue weighted by atomic mass is 10.0. The Labute approximate surface area is 438 Å². The fraction of sp³-hybridized carbons (Fsp3) is 0.694. The number of allylic oxidation sites excluding steroid dienone is 17. The van der Waals surface area contributed by atoms with Crippen molar-refractivity contribution in [3.05, 3.63) is 109 Å². The van der Waals surface area contributed by atoms with Crippen LogP contribution in [-0.4, -0.2) is 73.4 Å². The van der Waals surface area contributed by atoms with Crippen LogP contribution >= 0.6 is 7.82 Å². The Balaban J connectivity index is 4.24. The predicted molar refractivity (Wildman–Crippen MR) is 309 cm³/mol. The van der Waals surface area contributed by atoms with Gasteiger partial charge in [0.2, 0.25) is 5.91 Å². The van der Waals surface area contributed by atoms with E-state index < -0.39 is 20.0 Å². The molecule has 0 spiro atoms. The monoisotopic (exact) mass is 1010 g/mol. The summed E-state index contributed by atoms with van der Waals surface area (Å²) >= 11 is 0. The molecule has 0 aliphatic carbocycles. The number of carbonyl (C=O) groups excluding carboxylic acids is 1. The molecule has 9 heteroatoms. The van der Waals surface area contributed by atoms with Crippen molar-refractivity contribution in [2.75, 3.05) is 40.9 Å². The predicted octanol–water partition coefficient (Wildman–Crippen LogP) is 17.6. The van der Waals surface area contributed by atoms with Crippen LogP contribution in [0.4, 0.5) is 0 Å². The maximum absolute atomic E-state index is 13.0. The van der Waals surface area contributed by atoms with Crippen LogP contribution in [0.2, 0.25) is 0 Å². The first-order valence-corrected chi connectivity index (χ1v) is 30.3. The summed E-state index contributed by atoms with van der Waals surface area (Å²) in [5.74, 6) is -0.197. The summed E-state index contributed by atoms with van der Waals surface area (Å²) in [5, 5.41) is 13.9. The summed E-state index contributed by atoms with van der Waals surface area (Å²) in [6, 6.07) is -0.878. The van der Waals surface area contributed by atoms with E-state index in [0.29, 0.717) is 17.4 Å². The molecule has 0 heterocycles. The van der Waals surface area contributed by atoms with Gasteiger partial charge in [-0.15, -0.1) is 0 Å². The van der Waals surface area contributed by atoms with E-state index in [2.05, 4.69) is 116 Å². The number of rotatable bonds is 51. The first-order chi connectivity index (χ1) is 34.5. The molecule has 408 valence electrons. The molecule has 0 rings (SSSR count). The number of phosphoric acid groups is 1. The lowest BCUT2D eigenvalue weighted by Crippen LogP contribution is -2.45. The molecule has 1 amide bonds. The van der Waals surface area contributed by atoms with E-state index in [-0.39, 0.29) is 19.1 Å². The van der Waals surface area contributed by atoms with E-state index in [9.17, 15) is 19.4 Å². The van der Waals surface area contributed by atoms with Gasteiger partial charge in [0, 0.05) is 6.42 Å². The summed E-state index contributed by atoms with van der Waals surface area (Å²) < 4.78 is 23.7. The summed E-state index contributed by atoms with van der Waals surface area (Å²) in [6.45, 7) is 4.66. The van der Waals surface area contributed by atoms with Crippen molar-refractivity contribution in [1.82, 2.24) is 5.32 Å². The molecule has 0 fully saturated rings. The van der Waals surface area contributed by atoms with Gasteiger partial charge < -0.3 is 19.8 Å². The third-order valence-electron chi connectivity index (χ3n) is 12.2. The van der Waals surface area contributed by atoms with Gasteiger partial charge in [0.05, 0.1) is 39.9 Å². The second kappa shape index (κ2) is 52.0. The molecule has 0 saturated heterocycles.